The largest absolute Gasteiger partial charge is 0.352 e. The summed E-state index contributed by atoms with van der Waals surface area (Å²) < 4.78 is 1.04. The predicted octanol–water partition coefficient (Wildman–Crippen LogP) is 5.83. The number of rotatable bonds is 4. The second kappa shape index (κ2) is 8.28. The highest BCUT2D eigenvalue weighted by atomic mass is 79.9. The van der Waals surface area contributed by atoms with E-state index in [1.54, 1.807) is 0 Å². The van der Waals surface area contributed by atoms with Crippen LogP contribution in [0.1, 0.15) is 22.7 Å². The monoisotopic (exact) mass is 410 g/mol. The standard InChI is InChI=1S/C21H19BrN2S/c1-15-6-5-9-17(14-15)20(16-7-3-2-4-8-16)24-21(25)23-19-12-10-18(22)11-13-19/h2-14,20H,1H3,(H2,23,24,25)/t20-/m1/s1. The van der Waals surface area contributed by atoms with Crippen molar-refractivity contribution in [3.8, 4) is 0 Å². The Bertz CT molecular complexity index is 847. The van der Waals surface area contributed by atoms with Crippen LogP contribution in [0.2, 0.25) is 0 Å². The molecule has 0 spiro atoms. The van der Waals surface area contributed by atoms with E-state index in [-0.39, 0.29) is 6.04 Å². The summed E-state index contributed by atoms with van der Waals surface area (Å²) in [6.45, 7) is 2.10. The second-order valence-electron chi connectivity index (χ2n) is 5.86. The molecule has 0 saturated carbocycles. The van der Waals surface area contributed by atoms with E-state index in [4.69, 9.17) is 12.2 Å². The molecule has 2 N–H and O–H groups in total. The third kappa shape index (κ3) is 4.91. The molecule has 3 aromatic carbocycles. The van der Waals surface area contributed by atoms with Crippen molar-refractivity contribution in [1.82, 2.24) is 5.32 Å². The van der Waals surface area contributed by atoms with Gasteiger partial charge in [0.15, 0.2) is 5.11 Å². The lowest BCUT2D eigenvalue weighted by atomic mass is 9.97. The van der Waals surface area contributed by atoms with Crippen molar-refractivity contribution >= 4 is 38.9 Å². The molecule has 2 nitrogen and oxygen atoms in total. The number of halogens is 1. The third-order valence-electron chi connectivity index (χ3n) is 3.89. The Morgan fingerprint density at radius 3 is 2.24 bits per heavy atom. The van der Waals surface area contributed by atoms with Gasteiger partial charge in [-0.3, -0.25) is 0 Å². The van der Waals surface area contributed by atoms with Gasteiger partial charge in [-0.15, -0.1) is 0 Å². The molecule has 4 heteroatoms. The molecule has 0 aromatic heterocycles. The minimum Gasteiger partial charge on any atom is -0.352 e. The predicted molar refractivity (Wildman–Crippen MR) is 113 cm³/mol. The maximum Gasteiger partial charge on any atom is 0.171 e. The van der Waals surface area contributed by atoms with E-state index in [0.717, 1.165) is 10.2 Å². The Morgan fingerprint density at radius 2 is 1.56 bits per heavy atom. The van der Waals surface area contributed by atoms with E-state index in [0.29, 0.717) is 5.11 Å². The Hall–Kier alpha value is -2.17. The summed E-state index contributed by atoms with van der Waals surface area (Å²) in [6, 6.07) is 26.8. The highest BCUT2D eigenvalue weighted by Gasteiger charge is 2.15. The SMILES string of the molecule is Cc1cccc([C@H](NC(=S)Nc2ccc(Br)cc2)c2ccccc2)c1. The minimum absolute atomic E-state index is 0.00320. The zero-order valence-corrected chi connectivity index (χ0v) is 16.3. The number of nitrogens with one attached hydrogen (secondary N) is 2. The highest BCUT2D eigenvalue weighted by molar-refractivity contribution is 9.10. The Morgan fingerprint density at radius 1 is 0.880 bits per heavy atom. The normalized spacial score (nSPS) is 11.6. The van der Waals surface area contributed by atoms with E-state index in [9.17, 15) is 0 Å². The molecule has 0 bridgehead atoms. The van der Waals surface area contributed by atoms with Crippen LogP contribution >= 0.6 is 28.1 Å². The summed E-state index contributed by atoms with van der Waals surface area (Å²) in [5.74, 6) is 0. The molecule has 3 rings (SSSR count). The number of anilines is 1. The number of aryl methyl sites for hydroxylation is 1. The van der Waals surface area contributed by atoms with Gasteiger partial charge in [-0.05, 0) is 54.5 Å². The fourth-order valence-corrected chi connectivity index (χ4v) is 3.19. The molecular weight excluding hydrogens is 392 g/mol. The molecular formula is C21H19BrN2S. The van der Waals surface area contributed by atoms with E-state index in [1.807, 2.05) is 42.5 Å². The molecule has 0 saturated heterocycles. The lowest BCUT2D eigenvalue weighted by Crippen LogP contribution is -2.33. The van der Waals surface area contributed by atoms with Crippen LogP contribution in [0.3, 0.4) is 0 Å². The number of thiocarbonyl (C=S) groups is 1. The maximum absolute atomic E-state index is 5.54. The van der Waals surface area contributed by atoms with Crippen molar-refractivity contribution in [3.63, 3.8) is 0 Å². The van der Waals surface area contributed by atoms with Crippen LogP contribution in [0.5, 0.6) is 0 Å². The minimum atomic E-state index is -0.00320. The second-order valence-corrected chi connectivity index (χ2v) is 7.19. The van der Waals surface area contributed by atoms with Crippen molar-refractivity contribution in [2.45, 2.75) is 13.0 Å². The summed E-state index contributed by atoms with van der Waals surface area (Å²) >= 11 is 8.99. The van der Waals surface area contributed by atoms with Crippen molar-refractivity contribution < 1.29 is 0 Å². The first-order valence-electron chi connectivity index (χ1n) is 8.06. The fraction of sp³-hybridized carbons (Fsp3) is 0.0952. The molecule has 0 heterocycles. The summed E-state index contributed by atoms with van der Waals surface area (Å²) in [5.41, 5.74) is 4.54. The molecule has 0 radical (unpaired) electrons. The molecule has 0 unspecified atom stereocenters. The fourth-order valence-electron chi connectivity index (χ4n) is 2.69. The lowest BCUT2D eigenvalue weighted by molar-refractivity contribution is 0.768. The van der Waals surface area contributed by atoms with Gasteiger partial charge in [0.05, 0.1) is 6.04 Å². The van der Waals surface area contributed by atoms with Crippen LogP contribution in [0.15, 0.2) is 83.3 Å². The first-order valence-corrected chi connectivity index (χ1v) is 9.26. The smallest absolute Gasteiger partial charge is 0.171 e. The average Bonchev–Trinajstić information content (AvgIpc) is 2.62. The molecule has 0 aliphatic rings. The van der Waals surface area contributed by atoms with E-state index in [2.05, 4.69) is 69.9 Å². The van der Waals surface area contributed by atoms with Gasteiger partial charge in [0.1, 0.15) is 0 Å². The van der Waals surface area contributed by atoms with Crippen LogP contribution in [0, 0.1) is 6.92 Å². The molecule has 0 aliphatic carbocycles. The van der Waals surface area contributed by atoms with Crippen molar-refractivity contribution in [3.05, 3.63) is 100 Å². The topological polar surface area (TPSA) is 24.1 Å². The summed E-state index contributed by atoms with van der Waals surface area (Å²) in [5, 5.41) is 7.30. The van der Waals surface area contributed by atoms with Crippen molar-refractivity contribution in [2.24, 2.45) is 0 Å². The lowest BCUT2D eigenvalue weighted by Gasteiger charge is -2.22. The maximum atomic E-state index is 5.54. The molecule has 126 valence electrons. The van der Waals surface area contributed by atoms with Crippen molar-refractivity contribution in [1.29, 1.82) is 0 Å². The number of hydrogen-bond acceptors (Lipinski definition) is 1. The van der Waals surface area contributed by atoms with Crippen molar-refractivity contribution in [2.75, 3.05) is 5.32 Å². The van der Waals surface area contributed by atoms with Gasteiger partial charge < -0.3 is 10.6 Å². The van der Waals surface area contributed by atoms with Crippen LogP contribution in [0.25, 0.3) is 0 Å². The van der Waals surface area contributed by atoms with Gasteiger partial charge >= 0.3 is 0 Å². The first kappa shape index (κ1) is 17.6. The van der Waals surface area contributed by atoms with Gasteiger partial charge in [-0.1, -0.05) is 76.1 Å². The van der Waals surface area contributed by atoms with Crippen LogP contribution in [0.4, 0.5) is 5.69 Å². The molecule has 0 aliphatic heterocycles. The van der Waals surface area contributed by atoms with Gasteiger partial charge in [0, 0.05) is 10.2 Å². The summed E-state index contributed by atoms with van der Waals surface area (Å²) in [6.07, 6.45) is 0. The molecule has 3 aromatic rings. The molecule has 0 fully saturated rings. The Balaban J connectivity index is 1.82. The van der Waals surface area contributed by atoms with Crippen LogP contribution in [-0.2, 0) is 0 Å². The molecule has 1 atom stereocenters. The van der Waals surface area contributed by atoms with E-state index >= 15 is 0 Å². The first-order chi connectivity index (χ1) is 12.1. The number of benzene rings is 3. The Kier molecular flexibility index (Phi) is 5.84. The van der Waals surface area contributed by atoms with Gasteiger partial charge in [-0.2, -0.15) is 0 Å². The highest BCUT2D eigenvalue weighted by Crippen LogP contribution is 2.23. The zero-order chi connectivity index (χ0) is 17.6. The van der Waals surface area contributed by atoms with Crippen LogP contribution in [-0.4, -0.2) is 5.11 Å². The van der Waals surface area contributed by atoms with E-state index in [1.165, 1.54) is 16.7 Å². The van der Waals surface area contributed by atoms with Gasteiger partial charge in [0.2, 0.25) is 0 Å². The number of hydrogen-bond donors (Lipinski definition) is 2. The quantitative estimate of drug-likeness (QED) is 0.528. The van der Waals surface area contributed by atoms with Crippen LogP contribution < -0.4 is 10.6 Å². The average molecular weight is 411 g/mol. The molecule has 0 amide bonds. The summed E-state index contributed by atoms with van der Waals surface area (Å²) in [4.78, 5) is 0. The summed E-state index contributed by atoms with van der Waals surface area (Å²) in [7, 11) is 0. The zero-order valence-electron chi connectivity index (χ0n) is 13.9. The van der Waals surface area contributed by atoms with Gasteiger partial charge in [-0.25, -0.2) is 0 Å². The Labute approximate surface area is 162 Å². The third-order valence-corrected chi connectivity index (χ3v) is 4.63. The van der Waals surface area contributed by atoms with Gasteiger partial charge in [0.25, 0.3) is 0 Å². The molecule has 25 heavy (non-hydrogen) atoms. The van der Waals surface area contributed by atoms with E-state index < -0.39 is 0 Å².